The highest BCUT2D eigenvalue weighted by Gasteiger charge is 2.20. The van der Waals surface area contributed by atoms with Crippen LogP contribution in [0.15, 0.2) is 18.2 Å². The molecule has 0 saturated heterocycles. The fourth-order valence-electron chi connectivity index (χ4n) is 1.88. The second-order valence-electron chi connectivity index (χ2n) is 4.67. The van der Waals surface area contributed by atoms with E-state index >= 15 is 0 Å². The fraction of sp³-hybridized carbons (Fsp3) is 0.462. The topological polar surface area (TPSA) is 61.6 Å². The molecule has 1 aliphatic heterocycles. The SMILES string of the molecule is CC(C)CC(N)C(=O)c1ccc2c(c1)OCO2. The molecule has 1 unspecified atom stereocenters. The first-order valence-corrected chi connectivity index (χ1v) is 5.77. The lowest BCUT2D eigenvalue weighted by atomic mass is 9.96. The summed E-state index contributed by atoms with van der Waals surface area (Å²) < 4.78 is 10.4. The normalized spacial score (nSPS) is 15.1. The van der Waals surface area contributed by atoms with Gasteiger partial charge in [-0.25, -0.2) is 0 Å². The Kier molecular flexibility index (Phi) is 3.33. The van der Waals surface area contributed by atoms with Crippen LogP contribution in [0.3, 0.4) is 0 Å². The summed E-state index contributed by atoms with van der Waals surface area (Å²) in [5, 5.41) is 0. The van der Waals surface area contributed by atoms with Crippen molar-refractivity contribution in [2.24, 2.45) is 11.7 Å². The van der Waals surface area contributed by atoms with E-state index in [0.717, 1.165) is 0 Å². The van der Waals surface area contributed by atoms with Crippen molar-refractivity contribution < 1.29 is 14.3 Å². The van der Waals surface area contributed by atoms with Crippen molar-refractivity contribution >= 4 is 5.78 Å². The van der Waals surface area contributed by atoms with Crippen LogP contribution in [0.4, 0.5) is 0 Å². The van der Waals surface area contributed by atoms with Gasteiger partial charge in [-0.3, -0.25) is 4.79 Å². The van der Waals surface area contributed by atoms with Gasteiger partial charge in [0.1, 0.15) is 0 Å². The van der Waals surface area contributed by atoms with Crippen molar-refractivity contribution in [2.45, 2.75) is 26.3 Å². The Morgan fingerprint density at radius 1 is 1.35 bits per heavy atom. The van der Waals surface area contributed by atoms with Gasteiger partial charge in [0, 0.05) is 5.56 Å². The summed E-state index contributed by atoms with van der Waals surface area (Å²) in [6.07, 6.45) is 0.688. The van der Waals surface area contributed by atoms with Crippen LogP contribution >= 0.6 is 0 Å². The predicted molar refractivity (Wildman–Crippen MR) is 64.3 cm³/mol. The van der Waals surface area contributed by atoms with Crippen molar-refractivity contribution in [1.82, 2.24) is 0 Å². The number of fused-ring (bicyclic) bond motifs is 1. The smallest absolute Gasteiger partial charge is 0.231 e. The number of carbonyl (C=O) groups is 1. The van der Waals surface area contributed by atoms with E-state index in [1.54, 1.807) is 18.2 Å². The lowest BCUT2D eigenvalue weighted by molar-refractivity contribution is 0.0950. The Labute approximate surface area is 101 Å². The van der Waals surface area contributed by atoms with Gasteiger partial charge >= 0.3 is 0 Å². The van der Waals surface area contributed by atoms with Crippen LogP contribution in [0.5, 0.6) is 11.5 Å². The first-order valence-electron chi connectivity index (χ1n) is 5.77. The zero-order valence-corrected chi connectivity index (χ0v) is 10.1. The van der Waals surface area contributed by atoms with E-state index in [2.05, 4.69) is 0 Å². The molecule has 0 radical (unpaired) electrons. The third-order valence-corrected chi connectivity index (χ3v) is 2.72. The number of carbonyl (C=O) groups excluding carboxylic acids is 1. The summed E-state index contributed by atoms with van der Waals surface area (Å²) >= 11 is 0. The second-order valence-corrected chi connectivity index (χ2v) is 4.67. The molecular formula is C13H17NO3. The molecule has 1 aliphatic rings. The van der Waals surface area contributed by atoms with Crippen LogP contribution < -0.4 is 15.2 Å². The molecule has 1 aromatic carbocycles. The Balaban J connectivity index is 2.14. The van der Waals surface area contributed by atoms with E-state index in [0.29, 0.717) is 29.4 Å². The van der Waals surface area contributed by atoms with Gasteiger partial charge in [0.15, 0.2) is 17.3 Å². The zero-order chi connectivity index (χ0) is 12.4. The summed E-state index contributed by atoms with van der Waals surface area (Å²) in [6.45, 7) is 4.31. The number of hydrogen-bond donors (Lipinski definition) is 1. The van der Waals surface area contributed by atoms with Gasteiger partial charge in [0.25, 0.3) is 0 Å². The first-order chi connectivity index (χ1) is 8.08. The molecule has 2 rings (SSSR count). The molecular weight excluding hydrogens is 218 g/mol. The average Bonchev–Trinajstić information content (AvgIpc) is 2.73. The Morgan fingerprint density at radius 3 is 2.76 bits per heavy atom. The lowest BCUT2D eigenvalue weighted by Gasteiger charge is -2.13. The molecule has 4 nitrogen and oxygen atoms in total. The van der Waals surface area contributed by atoms with Crippen molar-refractivity contribution in [3.63, 3.8) is 0 Å². The number of ketones is 1. The molecule has 0 aliphatic carbocycles. The molecule has 92 valence electrons. The Morgan fingerprint density at radius 2 is 2.06 bits per heavy atom. The van der Waals surface area contributed by atoms with Crippen molar-refractivity contribution in [2.75, 3.05) is 6.79 Å². The zero-order valence-electron chi connectivity index (χ0n) is 10.1. The van der Waals surface area contributed by atoms with Gasteiger partial charge in [0.2, 0.25) is 6.79 Å². The summed E-state index contributed by atoms with van der Waals surface area (Å²) in [7, 11) is 0. The molecule has 1 atom stereocenters. The molecule has 0 aromatic heterocycles. The van der Waals surface area contributed by atoms with Crippen molar-refractivity contribution in [1.29, 1.82) is 0 Å². The van der Waals surface area contributed by atoms with Crippen LogP contribution in [-0.2, 0) is 0 Å². The lowest BCUT2D eigenvalue weighted by Crippen LogP contribution is -2.31. The summed E-state index contributed by atoms with van der Waals surface area (Å²) in [6, 6.07) is 4.73. The minimum absolute atomic E-state index is 0.0444. The van der Waals surface area contributed by atoms with Crippen LogP contribution in [0.25, 0.3) is 0 Å². The van der Waals surface area contributed by atoms with E-state index in [1.807, 2.05) is 13.8 Å². The van der Waals surface area contributed by atoms with Gasteiger partial charge in [0.05, 0.1) is 6.04 Å². The fourth-order valence-corrected chi connectivity index (χ4v) is 1.88. The molecule has 1 aromatic rings. The number of benzene rings is 1. The molecule has 0 fully saturated rings. The average molecular weight is 235 g/mol. The van der Waals surface area contributed by atoms with Gasteiger partial charge in [-0.15, -0.1) is 0 Å². The number of nitrogens with two attached hydrogens (primary N) is 1. The van der Waals surface area contributed by atoms with Gasteiger partial charge < -0.3 is 15.2 Å². The van der Waals surface area contributed by atoms with Crippen LogP contribution in [0, 0.1) is 5.92 Å². The largest absolute Gasteiger partial charge is 0.454 e. The van der Waals surface area contributed by atoms with E-state index in [-0.39, 0.29) is 12.6 Å². The second kappa shape index (κ2) is 4.75. The molecule has 2 N–H and O–H groups in total. The first kappa shape index (κ1) is 11.9. The Bertz CT molecular complexity index is 429. The summed E-state index contributed by atoms with van der Waals surface area (Å²) in [5.74, 6) is 1.66. The Hall–Kier alpha value is -1.55. The highest BCUT2D eigenvalue weighted by Crippen LogP contribution is 2.32. The molecule has 0 bridgehead atoms. The van der Waals surface area contributed by atoms with E-state index < -0.39 is 6.04 Å². The highest BCUT2D eigenvalue weighted by atomic mass is 16.7. The molecule has 0 spiro atoms. The number of hydrogen-bond acceptors (Lipinski definition) is 4. The number of Topliss-reactive ketones (excluding diaryl/α,β-unsaturated/α-hetero) is 1. The van der Waals surface area contributed by atoms with Crippen LogP contribution in [0.2, 0.25) is 0 Å². The van der Waals surface area contributed by atoms with Crippen molar-refractivity contribution in [3.8, 4) is 11.5 Å². The van der Waals surface area contributed by atoms with Gasteiger partial charge in [-0.2, -0.15) is 0 Å². The molecule has 17 heavy (non-hydrogen) atoms. The molecule has 0 amide bonds. The minimum Gasteiger partial charge on any atom is -0.454 e. The number of rotatable bonds is 4. The van der Waals surface area contributed by atoms with Crippen molar-refractivity contribution in [3.05, 3.63) is 23.8 Å². The van der Waals surface area contributed by atoms with Gasteiger partial charge in [-0.1, -0.05) is 13.8 Å². The molecule has 1 heterocycles. The predicted octanol–water partition coefficient (Wildman–Crippen LogP) is 1.97. The third kappa shape index (κ3) is 2.58. The molecule has 0 saturated carbocycles. The maximum absolute atomic E-state index is 12.1. The summed E-state index contributed by atoms with van der Waals surface area (Å²) in [4.78, 5) is 12.1. The summed E-state index contributed by atoms with van der Waals surface area (Å²) in [5.41, 5.74) is 6.46. The van der Waals surface area contributed by atoms with E-state index in [4.69, 9.17) is 15.2 Å². The minimum atomic E-state index is -0.449. The molecule has 4 heteroatoms. The maximum Gasteiger partial charge on any atom is 0.231 e. The standard InChI is InChI=1S/C13H17NO3/c1-8(2)5-10(14)13(15)9-3-4-11-12(6-9)17-7-16-11/h3-4,6,8,10H,5,7,14H2,1-2H3. The van der Waals surface area contributed by atoms with E-state index in [9.17, 15) is 4.79 Å². The maximum atomic E-state index is 12.1. The van der Waals surface area contributed by atoms with Crippen LogP contribution in [-0.4, -0.2) is 18.6 Å². The van der Waals surface area contributed by atoms with E-state index in [1.165, 1.54) is 0 Å². The van der Waals surface area contributed by atoms with Crippen LogP contribution in [0.1, 0.15) is 30.6 Å². The monoisotopic (exact) mass is 235 g/mol. The third-order valence-electron chi connectivity index (χ3n) is 2.72. The highest BCUT2D eigenvalue weighted by molar-refractivity contribution is 6.00. The quantitative estimate of drug-likeness (QED) is 0.810. The number of ether oxygens (including phenoxy) is 2. The van der Waals surface area contributed by atoms with Gasteiger partial charge in [-0.05, 0) is 30.5 Å².